The summed E-state index contributed by atoms with van der Waals surface area (Å²) in [6, 6.07) is 0. The Morgan fingerprint density at radius 1 is 1.32 bits per heavy atom. The first kappa shape index (κ1) is 14.9. The summed E-state index contributed by atoms with van der Waals surface area (Å²) in [5.41, 5.74) is 0.261. The van der Waals surface area contributed by atoms with Crippen LogP contribution in [0.15, 0.2) is 22.4 Å². The van der Waals surface area contributed by atoms with Gasteiger partial charge in [-0.25, -0.2) is 4.79 Å². The van der Waals surface area contributed by atoms with Crippen LogP contribution in [0.25, 0.3) is 5.57 Å². The third-order valence-electron chi connectivity index (χ3n) is 2.91. The molecule has 0 aliphatic rings. The quantitative estimate of drug-likeness (QED) is 0.725. The number of allylic oxidation sites excluding steroid dienone is 1. The van der Waals surface area contributed by atoms with Crippen molar-refractivity contribution in [1.29, 1.82) is 0 Å². The number of hydrogen-bond donors (Lipinski definition) is 0. The Balaban J connectivity index is 2.87. The molecule has 0 atom stereocenters. The molecule has 0 aliphatic heterocycles. The molecule has 6 heteroatoms. The lowest BCUT2D eigenvalue weighted by Crippen LogP contribution is -2.38. The zero-order valence-electron chi connectivity index (χ0n) is 11.4. The number of esters is 1. The highest BCUT2D eigenvalue weighted by Gasteiger charge is 2.10. The van der Waals surface area contributed by atoms with E-state index in [1.165, 1.54) is 24.9 Å². The number of aromatic nitrogens is 2. The molecule has 0 fully saturated rings. The van der Waals surface area contributed by atoms with Gasteiger partial charge < -0.3 is 9.30 Å². The van der Waals surface area contributed by atoms with Gasteiger partial charge >= 0.3 is 11.7 Å². The minimum absolute atomic E-state index is 0.279. The summed E-state index contributed by atoms with van der Waals surface area (Å²) in [6.45, 7) is 3.84. The first-order chi connectivity index (χ1) is 8.88. The Kier molecular flexibility index (Phi) is 4.86. The van der Waals surface area contributed by atoms with Crippen LogP contribution in [0.1, 0.15) is 24.8 Å². The maximum atomic E-state index is 11.9. The standard InChI is InChI=1S/C13H18N2O4/c1-9(6-5-7-11(16)19-4)10-8-14(2)13(18)15(3)12(10)17/h8H,1,5-7H2,2-4H3. The van der Waals surface area contributed by atoms with Gasteiger partial charge in [0.05, 0.1) is 12.7 Å². The molecule has 0 N–H and O–H groups in total. The van der Waals surface area contributed by atoms with Crippen LogP contribution in [-0.2, 0) is 23.6 Å². The molecule has 19 heavy (non-hydrogen) atoms. The lowest BCUT2D eigenvalue weighted by Gasteiger charge is -2.08. The second-order valence-corrected chi connectivity index (χ2v) is 4.33. The molecule has 104 valence electrons. The summed E-state index contributed by atoms with van der Waals surface area (Å²) < 4.78 is 6.91. The van der Waals surface area contributed by atoms with Gasteiger partial charge in [0.1, 0.15) is 0 Å². The minimum Gasteiger partial charge on any atom is -0.469 e. The summed E-state index contributed by atoms with van der Waals surface area (Å²) in [6.07, 6.45) is 2.81. The summed E-state index contributed by atoms with van der Waals surface area (Å²) >= 11 is 0. The summed E-state index contributed by atoms with van der Waals surface area (Å²) in [5, 5.41) is 0. The summed E-state index contributed by atoms with van der Waals surface area (Å²) in [7, 11) is 4.34. The van der Waals surface area contributed by atoms with E-state index in [1.54, 1.807) is 7.05 Å². The number of rotatable bonds is 5. The highest BCUT2D eigenvalue weighted by molar-refractivity contribution is 5.69. The van der Waals surface area contributed by atoms with Gasteiger partial charge in [-0.3, -0.25) is 14.2 Å². The lowest BCUT2D eigenvalue weighted by molar-refractivity contribution is -0.140. The minimum atomic E-state index is -0.379. The normalized spacial score (nSPS) is 10.3. The molecule has 0 aliphatic carbocycles. The van der Waals surface area contributed by atoms with E-state index < -0.39 is 0 Å². The molecule has 0 saturated heterocycles. The van der Waals surface area contributed by atoms with E-state index in [2.05, 4.69) is 11.3 Å². The number of carbonyl (C=O) groups excluding carboxylic acids is 1. The molecule has 0 amide bonds. The smallest absolute Gasteiger partial charge is 0.330 e. The number of hydrogen-bond acceptors (Lipinski definition) is 4. The van der Waals surface area contributed by atoms with Crippen LogP contribution in [0.5, 0.6) is 0 Å². The van der Waals surface area contributed by atoms with Crippen LogP contribution < -0.4 is 11.2 Å². The number of nitrogens with zero attached hydrogens (tertiary/aromatic N) is 2. The molecule has 1 aromatic rings. The molecule has 0 unspecified atom stereocenters. The molecule has 1 rings (SSSR count). The molecule has 6 nitrogen and oxygen atoms in total. The Morgan fingerprint density at radius 3 is 2.53 bits per heavy atom. The van der Waals surface area contributed by atoms with Crippen molar-refractivity contribution in [2.45, 2.75) is 19.3 Å². The predicted octanol–water partition coefficient (Wildman–Crippen LogP) is 0.440. The van der Waals surface area contributed by atoms with E-state index in [-0.39, 0.29) is 23.6 Å². The maximum Gasteiger partial charge on any atom is 0.330 e. The van der Waals surface area contributed by atoms with Crippen molar-refractivity contribution in [3.8, 4) is 0 Å². The Hall–Kier alpha value is -2.11. The lowest BCUT2D eigenvalue weighted by atomic mass is 10.0. The molecular formula is C13H18N2O4. The number of carbonyl (C=O) groups is 1. The molecule has 0 spiro atoms. The van der Waals surface area contributed by atoms with Gasteiger partial charge in [0, 0.05) is 26.7 Å². The fraction of sp³-hybridized carbons (Fsp3) is 0.462. The number of methoxy groups -OCH3 is 1. The van der Waals surface area contributed by atoms with Gasteiger partial charge in [0.15, 0.2) is 0 Å². The third-order valence-corrected chi connectivity index (χ3v) is 2.91. The van der Waals surface area contributed by atoms with Crippen LogP contribution in [0.4, 0.5) is 0 Å². The van der Waals surface area contributed by atoms with E-state index in [1.807, 2.05) is 0 Å². The number of aryl methyl sites for hydroxylation is 1. The van der Waals surface area contributed by atoms with Crippen molar-refractivity contribution in [2.75, 3.05) is 7.11 Å². The van der Waals surface area contributed by atoms with Gasteiger partial charge in [-0.2, -0.15) is 0 Å². The molecule has 0 aromatic carbocycles. The molecule has 1 aromatic heterocycles. The largest absolute Gasteiger partial charge is 0.469 e. The monoisotopic (exact) mass is 266 g/mol. The zero-order valence-corrected chi connectivity index (χ0v) is 11.4. The average Bonchev–Trinajstić information content (AvgIpc) is 2.39. The first-order valence-corrected chi connectivity index (χ1v) is 5.90. The van der Waals surface area contributed by atoms with Crippen molar-refractivity contribution in [3.05, 3.63) is 39.2 Å². The molecule has 0 bridgehead atoms. The molecular weight excluding hydrogens is 248 g/mol. The Morgan fingerprint density at radius 2 is 1.95 bits per heavy atom. The van der Waals surface area contributed by atoms with E-state index in [4.69, 9.17) is 0 Å². The van der Waals surface area contributed by atoms with Crippen LogP contribution in [0.3, 0.4) is 0 Å². The maximum absolute atomic E-state index is 11.9. The van der Waals surface area contributed by atoms with E-state index in [0.29, 0.717) is 24.0 Å². The van der Waals surface area contributed by atoms with Crippen LogP contribution in [-0.4, -0.2) is 22.2 Å². The predicted molar refractivity (Wildman–Crippen MR) is 71.8 cm³/mol. The Labute approximate surface area is 110 Å². The van der Waals surface area contributed by atoms with E-state index in [0.717, 1.165) is 4.57 Å². The van der Waals surface area contributed by atoms with Gasteiger partial charge in [-0.15, -0.1) is 0 Å². The third kappa shape index (κ3) is 3.43. The topological polar surface area (TPSA) is 70.3 Å². The van der Waals surface area contributed by atoms with Crippen LogP contribution in [0.2, 0.25) is 0 Å². The summed E-state index contributed by atoms with van der Waals surface area (Å²) in [4.78, 5) is 34.5. The van der Waals surface area contributed by atoms with Crippen LogP contribution in [0, 0.1) is 0 Å². The SMILES string of the molecule is C=C(CCCC(=O)OC)c1cn(C)c(=O)n(C)c1=O. The number of ether oxygens (including phenoxy) is 1. The van der Waals surface area contributed by atoms with Gasteiger partial charge in [-0.1, -0.05) is 6.58 Å². The van der Waals surface area contributed by atoms with Crippen molar-refractivity contribution in [1.82, 2.24) is 9.13 Å². The second-order valence-electron chi connectivity index (χ2n) is 4.33. The van der Waals surface area contributed by atoms with Gasteiger partial charge in [0.2, 0.25) is 0 Å². The molecule has 1 heterocycles. The van der Waals surface area contributed by atoms with Crippen molar-refractivity contribution >= 4 is 11.5 Å². The highest BCUT2D eigenvalue weighted by Crippen LogP contribution is 2.14. The highest BCUT2D eigenvalue weighted by atomic mass is 16.5. The van der Waals surface area contributed by atoms with Crippen molar-refractivity contribution in [3.63, 3.8) is 0 Å². The first-order valence-electron chi connectivity index (χ1n) is 5.90. The Bertz CT molecular complexity index is 610. The fourth-order valence-electron chi connectivity index (χ4n) is 1.73. The zero-order chi connectivity index (χ0) is 14.6. The van der Waals surface area contributed by atoms with Crippen molar-refractivity contribution in [2.24, 2.45) is 14.1 Å². The van der Waals surface area contributed by atoms with E-state index >= 15 is 0 Å². The molecule has 0 saturated carbocycles. The molecule has 0 radical (unpaired) electrons. The van der Waals surface area contributed by atoms with Gasteiger partial charge in [-0.05, 0) is 18.4 Å². The van der Waals surface area contributed by atoms with Crippen LogP contribution >= 0.6 is 0 Å². The summed E-state index contributed by atoms with van der Waals surface area (Å²) in [5.74, 6) is -0.291. The second kappa shape index (κ2) is 6.17. The van der Waals surface area contributed by atoms with Crippen molar-refractivity contribution < 1.29 is 9.53 Å². The average molecular weight is 266 g/mol. The fourth-order valence-corrected chi connectivity index (χ4v) is 1.73. The van der Waals surface area contributed by atoms with Gasteiger partial charge in [0.25, 0.3) is 5.56 Å². The van der Waals surface area contributed by atoms with E-state index in [9.17, 15) is 14.4 Å².